The van der Waals surface area contributed by atoms with E-state index in [2.05, 4.69) is 32.6 Å². The number of carbonyl (C=O) groups excluding carboxylic acids is 1. The molecule has 21 heavy (non-hydrogen) atoms. The molecule has 0 heterocycles. The molecule has 1 aromatic carbocycles. The Kier molecular flexibility index (Phi) is 7.44. The predicted molar refractivity (Wildman–Crippen MR) is 87.4 cm³/mol. The van der Waals surface area contributed by atoms with E-state index >= 15 is 0 Å². The van der Waals surface area contributed by atoms with E-state index in [0.717, 1.165) is 18.5 Å². The monoisotopic (exact) mass is 291 g/mol. The van der Waals surface area contributed by atoms with Gasteiger partial charge in [-0.05, 0) is 53.1 Å². The molecular formula is C18H29NO2. The van der Waals surface area contributed by atoms with Crippen molar-refractivity contribution in [1.82, 2.24) is 4.90 Å². The summed E-state index contributed by atoms with van der Waals surface area (Å²) in [5, 5.41) is 0. The molecule has 118 valence electrons. The van der Waals surface area contributed by atoms with Gasteiger partial charge in [0.15, 0.2) is 0 Å². The maximum atomic E-state index is 12.3. The lowest BCUT2D eigenvalue weighted by molar-refractivity contribution is -0.145. The zero-order valence-electron chi connectivity index (χ0n) is 14.0. The summed E-state index contributed by atoms with van der Waals surface area (Å²) in [5.74, 6) is -0.290. The van der Waals surface area contributed by atoms with Crippen molar-refractivity contribution in [1.29, 1.82) is 0 Å². The lowest BCUT2D eigenvalue weighted by atomic mass is 9.95. The van der Waals surface area contributed by atoms with Crippen LogP contribution in [-0.4, -0.2) is 36.1 Å². The molecule has 1 rings (SSSR count). The first kappa shape index (κ1) is 17.7. The van der Waals surface area contributed by atoms with Gasteiger partial charge in [-0.1, -0.05) is 30.3 Å². The molecule has 0 aromatic heterocycles. The van der Waals surface area contributed by atoms with Crippen molar-refractivity contribution in [3.8, 4) is 0 Å². The zero-order chi connectivity index (χ0) is 15.8. The molecule has 0 radical (unpaired) electrons. The summed E-state index contributed by atoms with van der Waals surface area (Å²) in [4.78, 5) is 14.7. The summed E-state index contributed by atoms with van der Waals surface area (Å²) in [6.45, 7) is 12.0. The molecule has 0 N–H and O–H groups in total. The molecule has 0 unspecified atom stereocenters. The minimum atomic E-state index is -0.175. The summed E-state index contributed by atoms with van der Waals surface area (Å²) in [6, 6.07) is 10.9. The van der Waals surface area contributed by atoms with Crippen molar-refractivity contribution in [2.24, 2.45) is 0 Å². The third kappa shape index (κ3) is 5.50. The fourth-order valence-corrected chi connectivity index (χ4v) is 2.74. The smallest absolute Gasteiger partial charge is 0.313 e. The average molecular weight is 291 g/mol. The maximum Gasteiger partial charge on any atom is 0.313 e. The maximum absolute atomic E-state index is 12.3. The number of carbonyl (C=O) groups is 1. The third-order valence-electron chi connectivity index (χ3n) is 3.78. The highest BCUT2D eigenvalue weighted by Gasteiger charge is 2.24. The summed E-state index contributed by atoms with van der Waals surface area (Å²) in [5.41, 5.74) is 1.04. The zero-order valence-corrected chi connectivity index (χ0v) is 14.0. The second-order valence-electron chi connectivity index (χ2n) is 5.93. The Morgan fingerprint density at radius 1 is 1.10 bits per heavy atom. The molecule has 0 aliphatic rings. The van der Waals surface area contributed by atoms with E-state index in [4.69, 9.17) is 4.74 Å². The summed E-state index contributed by atoms with van der Waals surface area (Å²) in [6.07, 6.45) is 0.791. The quantitative estimate of drug-likeness (QED) is 0.682. The van der Waals surface area contributed by atoms with Gasteiger partial charge < -0.3 is 4.74 Å². The van der Waals surface area contributed by atoms with Gasteiger partial charge in [0.25, 0.3) is 0 Å². The highest BCUT2D eigenvalue weighted by atomic mass is 16.5. The molecule has 3 nitrogen and oxygen atoms in total. The molecule has 1 atom stereocenters. The summed E-state index contributed by atoms with van der Waals surface area (Å²) in [7, 11) is 0. The molecule has 0 spiro atoms. The lowest BCUT2D eigenvalue weighted by Gasteiger charge is -2.31. The highest BCUT2D eigenvalue weighted by Crippen LogP contribution is 2.22. The van der Waals surface area contributed by atoms with Crippen LogP contribution in [0.2, 0.25) is 0 Å². The van der Waals surface area contributed by atoms with Gasteiger partial charge in [-0.15, -0.1) is 0 Å². The van der Waals surface area contributed by atoms with Gasteiger partial charge in [-0.3, -0.25) is 9.69 Å². The predicted octanol–water partition coefficient (Wildman–Crippen LogP) is 3.84. The topological polar surface area (TPSA) is 29.5 Å². The van der Waals surface area contributed by atoms with Crippen LogP contribution in [0, 0.1) is 0 Å². The molecule has 0 bridgehead atoms. The Labute approximate surface area is 129 Å². The Morgan fingerprint density at radius 3 is 2.14 bits per heavy atom. The molecule has 0 saturated carbocycles. The van der Waals surface area contributed by atoms with Crippen LogP contribution in [0.4, 0.5) is 0 Å². The van der Waals surface area contributed by atoms with Crippen molar-refractivity contribution in [3.05, 3.63) is 35.9 Å². The van der Waals surface area contributed by atoms with Gasteiger partial charge in [0.1, 0.15) is 0 Å². The fraction of sp³-hybridized carbons (Fsp3) is 0.611. The van der Waals surface area contributed by atoms with Crippen molar-refractivity contribution in [2.75, 3.05) is 13.2 Å². The van der Waals surface area contributed by atoms with E-state index in [9.17, 15) is 4.79 Å². The van der Waals surface area contributed by atoms with Crippen LogP contribution in [0.5, 0.6) is 0 Å². The standard InChI is InChI=1S/C18H29NO2/c1-6-21-18(20)17(16-10-8-7-9-11-16)12-13-19(14(2)3)15(4)5/h7-11,14-15,17H,6,12-13H2,1-5H3/t17-/m1/s1. The summed E-state index contributed by atoms with van der Waals surface area (Å²) < 4.78 is 5.25. The van der Waals surface area contributed by atoms with Gasteiger partial charge in [0.2, 0.25) is 0 Å². The molecule has 0 aliphatic carbocycles. The third-order valence-corrected chi connectivity index (χ3v) is 3.78. The number of ether oxygens (including phenoxy) is 1. The minimum Gasteiger partial charge on any atom is -0.466 e. The van der Waals surface area contributed by atoms with Crippen molar-refractivity contribution in [3.63, 3.8) is 0 Å². The normalized spacial score (nSPS) is 13.0. The minimum absolute atomic E-state index is 0.115. The van der Waals surface area contributed by atoms with Crippen LogP contribution >= 0.6 is 0 Å². The van der Waals surface area contributed by atoms with Crippen molar-refractivity contribution in [2.45, 2.75) is 59.0 Å². The first-order valence-corrected chi connectivity index (χ1v) is 7.94. The van der Waals surface area contributed by atoms with E-state index < -0.39 is 0 Å². The molecule has 0 aliphatic heterocycles. The Hall–Kier alpha value is -1.35. The van der Waals surface area contributed by atoms with Crippen molar-refractivity contribution >= 4 is 5.97 Å². The highest BCUT2D eigenvalue weighted by molar-refractivity contribution is 5.78. The molecular weight excluding hydrogens is 262 g/mol. The van der Waals surface area contributed by atoms with Crippen LogP contribution in [0.15, 0.2) is 30.3 Å². The Morgan fingerprint density at radius 2 is 1.67 bits per heavy atom. The second kappa shape index (κ2) is 8.83. The van der Waals surface area contributed by atoms with E-state index in [1.807, 2.05) is 37.3 Å². The van der Waals surface area contributed by atoms with Crippen molar-refractivity contribution < 1.29 is 9.53 Å². The van der Waals surface area contributed by atoms with Crippen LogP contribution in [-0.2, 0) is 9.53 Å². The molecule has 0 saturated heterocycles. The number of hydrogen-bond donors (Lipinski definition) is 0. The molecule has 0 fully saturated rings. The number of hydrogen-bond acceptors (Lipinski definition) is 3. The molecule has 1 aromatic rings. The largest absolute Gasteiger partial charge is 0.466 e. The van der Waals surface area contributed by atoms with E-state index in [1.54, 1.807) is 0 Å². The van der Waals surface area contributed by atoms with Crippen LogP contribution in [0.3, 0.4) is 0 Å². The Bertz CT molecular complexity index is 406. The van der Waals surface area contributed by atoms with Crippen LogP contribution < -0.4 is 0 Å². The van der Waals surface area contributed by atoms with Gasteiger partial charge in [-0.2, -0.15) is 0 Å². The fourth-order valence-electron chi connectivity index (χ4n) is 2.74. The number of esters is 1. The van der Waals surface area contributed by atoms with Crippen LogP contribution in [0.25, 0.3) is 0 Å². The molecule has 0 amide bonds. The first-order valence-electron chi connectivity index (χ1n) is 7.94. The second-order valence-corrected chi connectivity index (χ2v) is 5.93. The molecule has 3 heteroatoms. The van der Waals surface area contributed by atoms with Gasteiger partial charge in [-0.25, -0.2) is 0 Å². The van der Waals surface area contributed by atoms with Gasteiger partial charge in [0.05, 0.1) is 12.5 Å². The van der Waals surface area contributed by atoms with Gasteiger partial charge in [0, 0.05) is 12.1 Å². The van der Waals surface area contributed by atoms with E-state index in [1.165, 1.54) is 0 Å². The SMILES string of the molecule is CCOC(=O)[C@H](CCN(C(C)C)C(C)C)c1ccccc1. The first-order chi connectivity index (χ1) is 9.97. The Balaban J connectivity index is 2.81. The van der Waals surface area contributed by atoms with Gasteiger partial charge >= 0.3 is 5.97 Å². The lowest BCUT2D eigenvalue weighted by Crippen LogP contribution is -2.38. The van der Waals surface area contributed by atoms with Crippen LogP contribution in [0.1, 0.15) is 52.5 Å². The van der Waals surface area contributed by atoms with E-state index in [0.29, 0.717) is 18.7 Å². The van der Waals surface area contributed by atoms with E-state index in [-0.39, 0.29) is 11.9 Å². The number of rotatable bonds is 8. The number of benzene rings is 1. The summed E-state index contributed by atoms with van der Waals surface area (Å²) >= 11 is 0. The average Bonchev–Trinajstić information content (AvgIpc) is 2.43. The number of nitrogens with zero attached hydrogens (tertiary/aromatic N) is 1.